The van der Waals surface area contributed by atoms with E-state index in [1.165, 1.54) is 16.4 Å². The minimum absolute atomic E-state index is 0.00995. The molecule has 0 aliphatic carbocycles. The Morgan fingerprint density at radius 1 is 1.23 bits per heavy atom. The number of hydrogen-bond acceptors (Lipinski definition) is 5. The Labute approximate surface area is 183 Å². The predicted octanol–water partition coefficient (Wildman–Crippen LogP) is 3.26. The molecule has 7 nitrogen and oxygen atoms in total. The van der Waals surface area contributed by atoms with E-state index in [-0.39, 0.29) is 22.2 Å². The average Bonchev–Trinajstić information content (AvgIpc) is 3.08. The van der Waals surface area contributed by atoms with E-state index in [0.717, 1.165) is 33.7 Å². The van der Waals surface area contributed by atoms with Crippen molar-refractivity contribution in [3.63, 3.8) is 0 Å². The molecule has 0 spiro atoms. The number of nitrogens with one attached hydrogen (secondary N) is 1. The van der Waals surface area contributed by atoms with Gasteiger partial charge in [0.05, 0.1) is 21.0 Å². The van der Waals surface area contributed by atoms with Crippen LogP contribution < -0.4 is 10.2 Å². The third-order valence-electron chi connectivity index (χ3n) is 5.46. The van der Waals surface area contributed by atoms with Gasteiger partial charge in [0.2, 0.25) is 15.9 Å². The fourth-order valence-electron chi connectivity index (χ4n) is 3.82. The first-order chi connectivity index (χ1) is 14.8. The molecule has 0 bridgehead atoms. The molecule has 1 aromatic heterocycles. The van der Waals surface area contributed by atoms with Gasteiger partial charge in [0, 0.05) is 25.3 Å². The number of carbonyl (C=O) groups is 1. The van der Waals surface area contributed by atoms with Gasteiger partial charge >= 0.3 is 4.87 Å². The van der Waals surface area contributed by atoms with Crippen LogP contribution in [-0.2, 0) is 21.4 Å². The molecule has 10 heteroatoms. The van der Waals surface area contributed by atoms with Crippen molar-refractivity contribution in [3.8, 4) is 0 Å². The number of thiazole rings is 1. The Bertz CT molecular complexity index is 1280. The smallest absolute Gasteiger partial charge is 0.308 e. The highest BCUT2D eigenvalue weighted by molar-refractivity contribution is 7.89. The van der Waals surface area contributed by atoms with E-state index >= 15 is 0 Å². The molecule has 1 aliphatic rings. The highest BCUT2D eigenvalue weighted by atomic mass is 32.2. The number of fused-ring (bicyclic) bond motifs is 1. The van der Waals surface area contributed by atoms with Gasteiger partial charge in [-0.25, -0.2) is 12.8 Å². The van der Waals surface area contributed by atoms with Gasteiger partial charge < -0.3 is 5.32 Å². The van der Waals surface area contributed by atoms with E-state index in [2.05, 4.69) is 5.32 Å². The molecular formula is C21H22FN3O4S2. The first kappa shape index (κ1) is 21.7. The summed E-state index contributed by atoms with van der Waals surface area (Å²) in [5.74, 6) is -1.27. The van der Waals surface area contributed by atoms with Crippen molar-refractivity contribution in [1.29, 1.82) is 0 Å². The van der Waals surface area contributed by atoms with Crippen molar-refractivity contribution < 1.29 is 17.6 Å². The molecule has 0 radical (unpaired) electrons. The summed E-state index contributed by atoms with van der Waals surface area (Å²) in [6.45, 7) is 2.85. The largest absolute Gasteiger partial charge is 0.326 e. The second-order valence-corrected chi connectivity index (χ2v) is 10.4. The van der Waals surface area contributed by atoms with Gasteiger partial charge in [-0.3, -0.25) is 14.2 Å². The van der Waals surface area contributed by atoms with Crippen molar-refractivity contribution in [2.45, 2.75) is 31.2 Å². The predicted molar refractivity (Wildman–Crippen MR) is 118 cm³/mol. The number of amides is 1. The van der Waals surface area contributed by atoms with Gasteiger partial charge in [0.25, 0.3) is 0 Å². The van der Waals surface area contributed by atoms with E-state index in [9.17, 15) is 22.4 Å². The zero-order chi connectivity index (χ0) is 22.2. The molecule has 0 unspecified atom stereocenters. The van der Waals surface area contributed by atoms with Crippen LogP contribution in [0.2, 0.25) is 0 Å². The number of benzene rings is 2. The number of aryl methyl sites for hydroxylation is 1. The van der Waals surface area contributed by atoms with Gasteiger partial charge in [-0.15, -0.1) is 0 Å². The number of halogens is 1. The van der Waals surface area contributed by atoms with E-state index in [4.69, 9.17) is 0 Å². The molecule has 1 saturated heterocycles. The number of nitrogens with zero attached hydrogens (tertiary/aromatic N) is 2. The lowest BCUT2D eigenvalue weighted by Gasteiger charge is -2.31. The third-order valence-corrected chi connectivity index (χ3v) is 8.28. The van der Waals surface area contributed by atoms with Crippen molar-refractivity contribution in [2.24, 2.45) is 5.92 Å². The summed E-state index contributed by atoms with van der Waals surface area (Å²) < 4.78 is 42.6. The zero-order valence-corrected chi connectivity index (χ0v) is 18.5. The van der Waals surface area contributed by atoms with Crippen molar-refractivity contribution in [2.75, 3.05) is 18.4 Å². The van der Waals surface area contributed by atoms with Crippen LogP contribution in [0.15, 0.2) is 52.2 Å². The zero-order valence-electron chi connectivity index (χ0n) is 16.9. The summed E-state index contributed by atoms with van der Waals surface area (Å²) in [7, 11) is -3.80. The lowest BCUT2D eigenvalue weighted by Crippen LogP contribution is -2.43. The van der Waals surface area contributed by atoms with Crippen molar-refractivity contribution in [1.82, 2.24) is 8.87 Å². The second kappa shape index (κ2) is 8.52. The lowest BCUT2D eigenvalue weighted by atomic mass is 9.98. The summed E-state index contributed by atoms with van der Waals surface area (Å²) in [4.78, 5) is 24.8. The first-order valence-corrected chi connectivity index (χ1v) is 12.2. The van der Waals surface area contributed by atoms with Crippen LogP contribution in [-0.4, -0.2) is 36.3 Å². The maximum atomic E-state index is 13.2. The summed E-state index contributed by atoms with van der Waals surface area (Å²) in [6, 6.07) is 10.00. The van der Waals surface area contributed by atoms with Crippen LogP contribution in [0.4, 0.5) is 10.1 Å². The fraction of sp³-hybridized carbons (Fsp3) is 0.333. The molecule has 1 atom stereocenters. The molecule has 1 aliphatic heterocycles. The molecule has 31 heavy (non-hydrogen) atoms. The quantitative estimate of drug-likeness (QED) is 0.629. The number of piperidine rings is 1. The minimum Gasteiger partial charge on any atom is -0.326 e. The molecule has 0 saturated carbocycles. The number of rotatable bonds is 5. The maximum absolute atomic E-state index is 13.2. The molecule has 4 rings (SSSR count). The Morgan fingerprint density at radius 2 is 1.97 bits per heavy atom. The SMILES string of the molecule is CCn1c(=O)sc2cc(NC(=O)[C@H]3CCCN(S(=O)(=O)c4ccc(F)cc4)C3)ccc21. The standard InChI is InChI=1S/C21H22FN3O4S2/c1-2-25-18-10-7-16(12-19(18)30-21(25)27)23-20(26)14-4-3-11-24(13-14)31(28,29)17-8-5-15(22)6-9-17/h5-10,12,14H,2-4,11,13H2,1H3,(H,23,26)/t14-/m0/s1. The molecule has 1 amide bonds. The summed E-state index contributed by atoms with van der Waals surface area (Å²) >= 11 is 1.12. The number of sulfonamides is 1. The monoisotopic (exact) mass is 463 g/mol. The van der Waals surface area contributed by atoms with Crippen LogP contribution in [0, 0.1) is 11.7 Å². The van der Waals surface area contributed by atoms with Gasteiger partial charge in [-0.05, 0) is 62.2 Å². The third kappa shape index (κ3) is 4.28. The van der Waals surface area contributed by atoms with Gasteiger partial charge in [-0.2, -0.15) is 4.31 Å². The molecule has 3 aromatic rings. The fourth-order valence-corrected chi connectivity index (χ4v) is 6.34. The molecule has 2 heterocycles. The van der Waals surface area contributed by atoms with Gasteiger partial charge in [0.1, 0.15) is 5.82 Å². The van der Waals surface area contributed by atoms with Crippen LogP contribution >= 0.6 is 11.3 Å². The number of aromatic nitrogens is 1. The number of hydrogen-bond donors (Lipinski definition) is 1. The Hall–Kier alpha value is -2.56. The van der Waals surface area contributed by atoms with Gasteiger partial charge in [0.15, 0.2) is 0 Å². The van der Waals surface area contributed by atoms with Gasteiger partial charge in [-0.1, -0.05) is 11.3 Å². The van der Waals surface area contributed by atoms with Crippen LogP contribution in [0.5, 0.6) is 0 Å². The Balaban J connectivity index is 1.49. The van der Waals surface area contributed by atoms with Crippen LogP contribution in [0.25, 0.3) is 10.2 Å². The summed E-state index contributed by atoms with van der Waals surface area (Å²) in [5, 5.41) is 2.86. The van der Waals surface area contributed by atoms with Crippen LogP contribution in [0.1, 0.15) is 19.8 Å². The topological polar surface area (TPSA) is 88.5 Å². The maximum Gasteiger partial charge on any atom is 0.308 e. The van der Waals surface area contributed by atoms with E-state index in [0.29, 0.717) is 31.6 Å². The first-order valence-electron chi connectivity index (χ1n) is 9.99. The molecule has 164 valence electrons. The molecule has 1 fully saturated rings. The lowest BCUT2D eigenvalue weighted by molar-refractivity contribution is -0.120. The molecular weight excluding hydrogens is 441 g/mol. The van der Waals surface area contributed by atoms with E-state index in [1.807, 2.05) is 6.92 Å². The van der Waals surface area contributed by atoms with Crippen LogP contribution in [0.3, 0.4) is 0 Å². The number of anilines is 1. The highest BCUT2D eigenvalue weighted by Crippen LogP contribution is 2.26. The molecule has 2 aromatic carbocycles. The molecule has 1 N–H and O–H groups in total. The number of carbonyl (C=O) groups excluding carboxylic acids is 1. The average molecular weight is 464 g/mol. The van der Waals surface area contributed by atoms with Crippen molar-refractivity contribution in [3.05, 3.63) is 57.9 Å². The Kier molecular flexibility index (Phi) is 5.96. The van der Waals surface area contributed by atoms with Crippen molar-refractivity contribution >= 4 is 43.2 Å². The second-order valence-electron chi connectivity index (χ2n) is 7.44. The normalized spacial score (nSPS) is 17.7. The summed E-state index contributed by atoms with van der Waals surface area (Å²) in [6.07, 6.45) is 1.13. The highest BCUT2D eigenvalue weighted by Gasteiger charge is 2.33. The minimum atomic E-state index is -3.80. The summed E-state index contributed by atoms with van der Waals surface area (Å²) in [5.41, 5.74) is 1.39. The van der Waals surface area contributed by atoms with E-state index < -0.39 is 21.8 Å². The Morgan fingerprint density at radius 3 is 2.68 bits per heavy atom. The van der Waals surface area contributed by atoms with E-state index in [1.54, 1.807) is 22.8 Å².